The van der Waals surface area contributed by atoms with Crippen molar-refractivity contribution in [2.24, 2.45) is 5.92 Å². The number of rotatable bonds is 3. The van der Waals surface area contributed by atoms with E-state index in [9.17, 15) is 9.59 Å². The Morgan fingerprint density at radius 1 is 1.35 bits per heavy atom. The number of carbonyl (C=O) groups is 2. The number of aromatic nitrogens is 2. The lowest BCUT2D eigenvalue weighted by Gasteiger charge is -2.26. The first-order valence-electron chi connectivity index (χ1n) is 5.70. The molecule has 1 heterocycles. The highest BCUT2D eigenvalue weighted by molar-refractivity contribution is 5.92. The van der Waals surface area contributed by atoms with Crippen LogP contribution < -0.4 is 5.32 Å². The second-order valence-electron chi connectivity index (χ2n) is 4.33. The molecule has 0 aliphatic heterocycles. The first-order chi connectivity index (χ1) is 8.16. The number of nitrogens with zero attached hydrogens (tertiary/aromatic N) is 1. The van der Waals surface area contributed by atoms with Crippen LogP contribution in [0.2, 0.25) is 0 Å². The maximum absolute atomic E-state index is 11.7. The van der Waals surface area contributed by atoms with Gasteiger partial charge < -0.3 is 10.4 Å². The summed E-state index contributed by atoms with van der Waals surface area (Å²) in [5.74, 6) is -1.17. The molecule has 92 valence electrons. The van der Waals surface area contributed by atoms with E-state index < -0.39 is 5.97 Å². The number of hydrogen-bond donors (Lipinski definition) is 3. The van der Waals surface area contributed by atoms with Gasteiger partial charge in [0.2, 0.25) is 0 Å². The van der Waals surface area contributed by atoms with Crippen molar-refractivity contribution < 1.29 is 14.7 Å². The molecule has 0 radical (unpaired) electrons. The fourth-order valence-corrected chi connectivity index (χ4v) is 2.13. The summed E-state index contributed by atoms with van der Waals surface area (Å²) in [5.41, 5.74) is 0.436. The third-order valence-corrected chi connectivity index (χ3v) is 3.16. The summed E-state index contributed by atoms with van der Waals surface area (Å²) in [7, 11) is 0. The summed E-state index contributed by atoms with van der Waals surface area (Å²) in [6.45, 7) is 0. The molecule has 3 N–H and O–H groups in total. The molecule has 1 fully saturated rings. The Labute approximate surface area is 98.4 Å². The van der Waals surface area contributed by atoms with Gasteiger partial charge in [-0.1, -0.05) is 0 Å². The van der Waals surface area contributed by atoms with Gasteiger partial charge in [-0.3, -0.25) is 14.7 Å². The van der Waals surface area contributed by atoms with Crippen molar-refractivity contribution >= 4 is 11.9 Å². The van der Waals surface area contributed by atoms with Crippen LogP contribution in [0, 0.1) is 5.92 Å². The van der Waals surface area contributed by atoms with Crippen LogP contribution in [0.5, 0.6) is 0 Å². The molecule has 1 aliphatic carbocycles. The van der Waals surface area contributed by atoms with E-state index in [4.69, 9.17) is 5.11 Å². The molecule has 2 rings (SSSR count). The van der Waals surface area contributed by atoms with Crippen molar-refractivity contribution in [3.8, 4) is 0 Å². The lowest BCUT2D eigenvalue weighted by atomic mass is 9.86. The highest BCUT2D eigenvalue weighted by Gasteiger charge is 2.26. The summed E-state index contributed by atoms with van der Waals surface area (Å²) in [5, 5.41) is 18.0. The molecule has 1 aliphatic rings. The van der Waals surface area contributed by atoms with E-state index in [0.717, 1.165) is 12.8 Å². The number of carbonyl (C=O) groups excluding carboxylic acids is 1. The van der Waals surface area contributed by atoms with Crippen molar-refractivity contribution in [1.82, 2.24) is 15.5 Å². The number of H-pyrrole nitrogens is 1. The van der Waals surface area contributed by atoms with Crippen LogP contribution in [0.15, 0.2) is 12.3 Å². The minimum atomic E-state index is -0.733. The third kappa shape index (κ3) is 2.83. The molecule has 0 saturated heterocycles. The summed E-state index contributed by atoms with van der Waals surface area (Å²) in [6.07, 6.45) is 4.22. The van der Waals surface area contributed by atoms with Crippen LogP contribution in [0.1, 0.15) is 36.2 Å². The number of carboxylic acids is 1. The highest BCUT2D eigenvalue weighted by atomic mass is 16.4. The van der Waals surface area contributed by atoms with Crippen LogP contribution in [0.3, 0.4) is 0 Å². The van der Waals surface area contributed by atoms with Gasteiger partial charge in [0.25, 0.3) is 5.91 Å². The Morgan fingerprint density at radius 2 is 2.06 bits per heavy atom. The minimum Gasteiger partial charge on any atom is -0.481 e. The first kappa shape index (κ1) is 11.6. The molecule has 6 nitrogen and oxygen atoms in total. The van der Waals surface area contributed by atoms with Gasteiger partial charge in [0, 0.05) is 12.2 Å². The van der Waals surface area contributed by atoms with Crippen molar-refractivity contribution in [3.63, 3.8) is 0 Å². The fraction of sp³-hybridized carbons (Fsp3) is 0.545. The molecule has 17 heavy (non-hydrogen) atoms. The fourth-order valence-electron chi connectivity index (χ4n) is 2.13. The smallest absolute Gasteiger partial charge is 0.306 e. The Morgan fingerprint density at radius 3 is 2.59 bits per heavy atom. The van der Waals surface area contributed by atoms with Gasteiger partial charge >= 0.3 is 5.97 Å². The van der Waals surface area contributed by atoms with E-state index in [1.807, 2.05) is 0 Å². The molecule has 0 bridgehead atoms. The molecular weight excluding hydrogens is 222 g/mol. The van der Waals surface area contributed by atoms with Crippen LogP contribution in [-0.4, -0.2) is 33.2 Å². The molecule has 0 unspecified atom stereocenters. The minimum absolute atomic E-state index is 0.0707. The first-order valence-corrected chi connectivity index (χ1v) is 5.70. The average molecular weight is 237 g/mol. The Kier molecular flexibility index (Phi) is 3.41. The molecule has 1 aromatic rings. The predicted molar refractivity (Wildman–Crippen MR) is 59.4 cm³/mol. The van der Waals surface area contributed by atoms with Gasteiger partial charge in [0.05, 0.1) is 5.92 Å². The predicted octanol–water partition coefficient (Wildman–Crippen LogP) is 0.783. The largest absolute Gasteiger partial charge is 0.481 e. The highest BCUT2D eigenvalue weighted by Crippen LogP contribution is 2.24. The SMILES string of the molecule is O=C(NC1CCC(C(=O)O)CC1)c1ccn[nH]1. The van der Waals surface area contributed by atoms with E-state index >= 15 is 0 Å². The molecule has 1 saturated carbocycles. The number of nitrogens with one attached hydrogen (secondary N) is 2. The van der Waals surface area contributed by atoms with E-state index in [1.165, 1.54) is 6.20 Å². The van der Waals surface area contributed by atoms with Gasteiger partial charge in [-0.05, 0) is 31.7 Å². The number of amides is 1. The lowest BCUT2D eigenvalue weighted by Crippen LogP contribution is -2.38. The Bertz CT molecular complexity index is 394. The van der Waals surface area contributed by atoms with E-state index in [0.29, 0.717) is 18.5 Å². The second kappa shape index (κ2) is 4.99. The van der Waals surface area contributed by atoms with Crippen molar-refractivity contribution in [1.29, 1.82) is 0 Å². The zero-order valence-electron chi connectivity index (χ0n) is 9.35. The van der Waals surface area contributed by atoms with Crippen LogP contribution >= 0.6 is 0 Å². The van der Waals surface area contributed by atoms with Crippen molar-refractivity contribution in [2.75, 3.05) is 0 Å². The number of aliphatic carboxylic acids is 1. The van der Waals surface area contributed by atoms with E-state index in [-0.39, 0.29) is 17.9 Å². The van der Waals surface area contributed by atoms with E-state index in [2.05, 4.69) is 15.5 Å². The normalized spacial score (nSPS) is 24.2. The molecule has 0 aromatic carbocycles. The van der Waals surface area contributed by atoms with Gasteiger partial charge in [0.1, 0.15) is 5.69 Å². The standard InChI is InChI=1S/C11H15N3O3/c15-10(9-5-6-12-14-9)13-8-3-1-7(2-4-8)11(16)17/h5-8H,1-4H2,(H,12,14)(H,13,15)(H,16,17). The summed E-state index contributed by atoms with van der Waals surface area (Å²) < 4.78 is 0. The number of hydrogen-bond acceptors (Lipinski definition) is 3. The van der Waals surface area contributed by atoms with Crippen LogP contribution in [0.4, 0.5) is 0 Å². The molecule has 1 aromatic heterocycles. The summed E-state index contributed by atoms with van der Waals surface area (Å²) in [4.78, 5) is 22.5. The zero-order valence-corrected chi connectivity index (χ0v) is 9.35. The zero-order chi connectivity index (χ0) is 12.3. The Hall–Kier alpha value is -1.85. The van der Waals surface area contributed by atoms with Crippen molar-refractivity contribution in [2.45, 2.75) is 31.7 Å². The summed E-state index contributed by atoms with van der Waals surface area (Å²) in [6, 6.07) is 1.68. The molecule has 0 spiro atoms. The van der Waals surface area contributed by atoms with Gasteiger partial charge in [-0.2, -0.15) is 5.10 Å². The van der Waals surface area contributed by atoms with Gasteiger partial charge in [0.15, 0.2) is 0 Å². The number of aromatic amines is 1. The molecule has 1 amide bonds. The topological polar surface area (TPSA) is 95.1 Å². The van der Waals surface area contributed by atoms with Crippen molar-refractivity contribution in [3.05, 3.63) is 18.0 Å². The number of carboxylic acid groups (broad SMARTS) is 1. The Balaban J connectivity index is 1.82. The molecule has 6 heteroatoms. The maximum Gasteiger partial charge on any atom is 0.306 e. The third-order valence-electron chi connectivity index (χ3n) is 3.16. The average Bonchev–Trinajstić information content (AvgIpc) is 2.83. The molecular formula is C11H15N3O3. The van der Waals surface area contributed by atoms with Gasteiger partial charge in [-0.25, -0.2) is 0 Å². The van der Waals surface area contributed by atoms with Crippen LogP contribution in [-0.2, 0) is 4.79 Å². The monoisotopic (exact) mass is 237 g/mol. The van der Waals surface area contributed by atoms with Gasteiger partial charge in [-0.15, -0.1) is 0 Å². The lowest BCUT2D eigenvalue weighted by molar-refractivity contribution is -0.142. The molecule has 0 atom stereocenters. The quantitative estimate of drug-likeness (QED) is 0.724. The maximum atomic E-state index is 11.7. The van der Waals surface area contributed by atoms with Crippen LogP contribution in [0.25, 0.3) is 0 Å². The second-order valence-corrected chi connectivity index (χ2v) is 4.33. The van der Waals surface area contributed by atoms with E-state index in [1.54, 1.807) is 6.07 Å². The summed E-state index contributed by atoms with van der Waals surface area (Å²) >= 11 is 0.